The summed E-state index contributed by atoms with van der Waals surface area (Å²) in [7, 11) is 0. The van der Waals surface area contributed by atoms with Gasteiger partial charge in [0.05, 0.1) is 0 Å². The molecule has 0 aromatic rings. The van der Waals surface area contributed by atoms with E-state index >= 15 is 0 Å². The van der Waals surface area contributed by atoms with E-state index in [1.54, 1.807) is 0 Å². The largest absolute Gasteiger partial charge is 0.444 e. The topological polar surface area (TPSA) is 55.4 Å². The highest BCUT2D eigenvalue weighted by molar-refractivity contribution is 5.84. The number of ketones is 1. The molecule has 4 heteroatoms. The Kier molecular flexibility index (Phi) is 2.24. The average molecular weight is 211 g/mol. The molecule has 0 bridgehead atoms. The second kappa shape index (κ2) is 3.22. The van der Waals surface area contributed by atoms with Gasteiger partial charge in [0.25, 0.3) is 0 Å². The summed E-state index contributed by atoms with van der Waals surface area (Å²) < 4.78 is 5.15. The molecular formula is C11H17NO3. The number of rotatable bonds is 1. The van der Waals surface area contributed by atoms with E-state index < -0.39 is 5.60 Å². The lowest BCUT2D eigenvalue weighted by Crippen LogP contribution is -2.35. The van der Waals surface area contributed by atoms with Crippen molar-refractivity contribution >= 4 is 11.9 Å². The Bertz CT molecular complexity index is 291. The first-order chi connectivity index (χ1) is 6.87. The lowest BCUT2D eigenvalue weighted by Gasteiger charge is -2.20. The monoisotopic (exact) mass is 211 g/mol. The maximum absolute atomic E-state index is 11.4. The fourth-order valence-corrected chi connectivity index (χ4v) is 2.27. The van der Waals surface area contributed by atoms with Crippen molar-refractivity contribution < 1.29 is 14.3 Å². The van der Waals surface area contributed by atoms with Crippen molar-refractivity contribution in [2.75, 3.05) is 0 Å². The molecule has 84 valence electrons. The number of amides is 1. The van der Waals surface area contributed by atoms with Crippen molar-refractivity contribution in [3.8, 4) is 0 Å². The number of ether oxygens (including phenoxy) is 1. The molecule has 0 aliphatic heterocycles. The number of fused-ring (bicyclic) bond motifs is 1. The summed E-state index contributed by atoms with van der Waals surface area (Å²) in [5.74, 6) is 1.09. The van der Waals surface area contributed by atoms with Crippen molar-refractivity contribution in [1.29, 1.82) is 0 Å². The summed E-state index contributed by atoms with van der Waals surface area (Å²) in [6.45, 7) is 5.51. The van der Waals surface area contributed by atoms with Crippen LogP contribution < -0.4 is 5.32 Å². The van der Waals surface area contributed by atoms with Crippen molar-refractivity contribution in [3.63, 3.8) is 0 Å². The van der Waals surface area contributed by atoms with Crippen LogP contribution in [0.4, 0.5) is 4.79 Å². The van der Waals surface area contributed by atoms with E-state index in [0.29, 0.717) is 30.5 Å². The number of Topliss-reactive ketones (excluding diaryl/α,β-unsaturated/α-hetero) is 1. The predicted molar refractivity (Wildman–Crippen MR) is 54.4 cm³/mol. The van der Waals surface area contributed by atoms with Gasteiger partial charge in [-0.1, -0.05) is 0 Å². The molecule has 0 unspecified atom stereocenters. The molecule has 0 spiro atoms. The second-order valence-corrected chi connectivity index (χ2v) is 5.45. The van der Waals surface area contributed by atoms with Crippen molar-refractivity contribution in [2.24, 2.45) is 11.8 Å². The van der Waals surface area contributed by atoms with Crippen molar-refractivity contribution in [2.45, 2.75) is 45.3 Å². The maximum Gasteiger partial charge on any atom is 0.407 e. The zero-order valence-corrected chi connectivity index (χ0v) is 9.37. The van der Waals surface area contributed by atoms with Crippen LogP contribution in [0.1, 0.15) is 33.6 Å². The number of carbonyl (C=O) groups is 2. The van der Waals surface area contributed by atoms with Crippen LogP contribution in [-0.2, 0) is 9.53 Å². The molecule has 0 heterocycles. The van der Waals surface area contributed by atoms with Crippen LogP contribution in [0.3, 0.4) is 0 Å². The molecule has 4 nitrogen and oxygen atoms in total. The van der Waals surface area contributed by atoms with E-state index in [1.165, 1.54) is 0 Å². The van der Waals surface area contributed by atoms with Crippen molar-refractivity contribution in [1.82, 2.24) is 5.32 Å². The molecule has 3 atom stereocenters. The van der Waals surface area contributed by atoms with E-state index in [4.69, 9.17) is 4.74 Å². The minimum Gasteiger partial charge on any atom is -0.444 e. The Balaban J connectivity index is 1.76. The first-order valence-corrected chi connectivity index (χ1v) is 5.38. The van der Waals surface area contributed by atoms with Gasteiger partial charge >= 0.3 is 6.09 Å². The third kappa shape index (κ3) is 2.30. The number of nitrogens with one attached hydrogen (secondary N) is 1. The molecule has 0 aromatic carbocycles. The molecule has 2 saturated carbocycles. The number of hydrogen-bond acceptors (Lipinski definition) is 3. The Labute approximate surface area is 89.4 Å². The highest BCUT2D eigenvalue weighted by Crippen LogP contribution is 2.50. The lowest BCUT2D eigenvalue weighted by atomic mass is 10.2. The van der Waals surface area contributed by atoms with Gasteiger partial charge in [0, 0.05) is 18.9 Å². The molecule has 0 radical (unpaired) electrons. The Hall–Kier alpha value is -1.06. The molecule has 0 aromatic heterocycles. The molecule has 1 amide bonds. The van der Waals surface area contributed by atoms with Gasteiger partial charge in [-0.15, -0.1) is 0 Å². The van der Waals surface area contributed by atoms with Gasteiger partial charge in [-0.25, -0.2) is 4.79 Å². The lowest BCUT2D eigenvalue weighted by molar-refractivity contribution is -0.118. The summed E-state index contributed by atoms with van der Waals surface area (Å²) in [6, 6.07) is 0.178. The number of carbonyl (C=O) groups excluding carboxylic acids is 2. The first kappa shape index (κ1) is 10.5. The minimum atomic E-state index is -0.454. The Morgan fingerprint density at radius 1 is 1.33 bits per heavy atom. The summed E-state index contributed by atoms with van der Waals surface area (Å²) in [4.78, 5) is 22.4. The molecule has 2 aliphatic rings. The van der Waals surface area contributed by atoms with E-state index in [9.17, 15) is 9.59 Å². The molecular weight excluding hydrogens is 194 g/mol. The van der Waals surface area contributed by atoms with Gasteiger partial charge in [0.1, 0.15) is 11.4 Å². The van der Waals surface area contributed by atoms with Crippen LogP contribution in [-0.4, -0.2) is 23.5 Å². The van der Waals surface area contributed by atoms with E-state index in [1.807, 2.05) is 20.8 Å². The van der Waals surface area contributed by atoms with Gasteiger partial charge < -0.3 is 10.1 Å². The van der Waals surface area contributed by atoms with Crippen LogP contribution >= 0.6 is 0 Å². The second-order valence-electron chi connectivity index (χ2n) is 5.45. The van der Waals surface area contributed by atoms with Gasteiger partial charge in [-0.2, -0.15) is 0 Å². The van der Waals surface area contributed by atoms with Crippen LogP contribution in [0.2, 0.25) is 0 Å². The Morgan fingerprint density at radius 3 is 2.33 bits per heavy atom. The quantitative estimate of drug-likeness (QED) is 0.715. The highest BCUT2D eigenvalue weighted by atomic mass is 16.6. The third-order valence-corrected chi connectivity index (χ3v) is 2.94. The molecule has 15 heavy (non-hydrogen) atoms. The maximum atomic E-state index is 11.4. The van der Waals surface area contributed by atoms with E-state index in [-0.39, 0.29) is 12.1 Å². The molecule has 2 rings (SSSR count). The van der Waals surface area contributed by atoms with Gasteiger partial charge in [0.2, 0.25) is 0 Å². The van der Waals surface area contributed by atoms with Gasteiger partial charge in [-0.05, 0) is 32.6 Å². The number of hydrogen-bond donors (Lipinski definition) is 1. The Morgan fingerprint density at radius 2 is 1.87 bits per heavy atom. The molecule has 0 saturated heterocycles. The molecule has 1 N–H and O–H groups in total. The predicted octanol–water partition coefficient (Wildman–Crippen LogP) is 1.49. The summed E-state index contributed by atoms with van der Waals surface area (Å²) in [5, 5.41) is 2.82. The third-order valence-electron chi connectivity index (χ3n) is 2.94. The SMILES string of the molecule is CC(C)(C)OC(=O)N[C@H]1[C@@H]2CC(=O)C[C@@H]21. The van der Waals surface area contributed by atoms with Gasteiger partial charge in [0.15, 0.2) is 0 Å². The molecule has 2 aliphatic carbocycles. The average Bonchev–Trinajstić information content (AvgIpc) is 2.54. The summed E-state index contributed by atoms with van der Waals surface area (Å²) in [6.07, 6.45) is 0.894. The van der Waals surface area contributed by atoms with Crippen LogP contribution in [0.25, 0.3) is 0 Å². The van der Waals surface area contributed by atoms with Crippen LogP contribution in [0.15, 0.2) is 0 Å². The van der Waals surface area contributed by atoms with Crippen LogP contribution in [0, 0.1) is 11.8 Å². The van der Waals surface area contributed by atoms with E-state index in [2.05, 4.69) is 5.32 Å². The minimum absolute atomic E-state index is 0.178. The number of alkyl carbamates (subject to hydrolysis) is 1. The fraction of sp³-hybridized carbons (Fsp3) is 0.818. The zero-order chi connectivity index (χ0) is 11.2. The zero-order valence-electron chi connectivity index (χ0n) is 9.37. The smallest absolute Gasteiger partial charge is 0.407 e. The first-order valence-electron chi connectivity index (χ1n) is 5.38. The standard InChI is InChI=1S/C11H17NO3/c1-11(2,3)15-10(14)12-9-7-4-6(13)5-8(7)9/h7-9H,4-5H2,1-3H3,(H,12,14)/t7-,8+,9+. The van der Waals surface area contributed by atoms with Crippen LogP contribution in [0.5, 0.6) is 0 Å². The van der Waals surface area contributed by atoms with Crippen molar-refractivity contribution in [3.05, 3.63) is 0 Å². The van der Waals surface area contributed by atoms with E-state index in [0.717, 1.165) is 0 Å². The normalized spacial score (nSPS) is 33.5. The summed E-state index contributed by atoms with van der Waals surface area (Å²) in [5.41, 5.74) is -0.454. The van der Waals surface area contributed by atoms with Gasteiger partial charge in [-0.3, -0.25) is 4.79 Å². The summed E-state index contributed by atoms with van der Waals surface area (Å²) >= 11 is 0. The highest BCUT2D eigenvalue weighted by Gasteiger charge is 2.56. The molecule has 2 fully saturated rings. The fourth-order valence-electron chi connectivity index (χ4n) is 2.27.